The topological polar surface area (TPSA) is 108 Å². The first-order chi connectivity index (χ1) is 23.3. The van der Waals surface area contributed by atoms with Crippen molar-refractivity contribution in [1.82, 2.24) is 24.6 Å². The standard InChI is InChI=1S/C38H52FN7O2/c1-3-33(24-13-15-25(16-14-24)37(47)48)42-38-43-34-18-17-27(26-7-4-8-29(39)19-26)20-32(34)36(44-38)41-35(28-21-40-45(2)22-28)23-46-30-9-5-10-31(46)12-6-11-30/h4,7-8,19,21-22,24-25,27,30-31,33,35H,3,5-6,9-18,20,23H2,1-2H3,(H,47,48)(H2,41,42,43,44)/t24?,25?,27-,30?,31?,33-,35+/m1/s1. The van der Waals surface area contributed by atoms with Crippen LogP contribution in [-0.2, 0) is 24.7 Å². The lowest BCUT2D eigenvalue weighted by atomic mass is 9.78. The van der Waals surface area contributed by atoms with Gasteiger partial charge in [0.1, 0.15) is 11.6 Å². The summed E-state index contributed by atoms with van der Waals surface area (Å²) < 4.78 is 16.2. The number of aliphatic carboxylic acids is 1. The molecule has 48 heavy (non-hydrogen) atoms. The molecule has 3 fully saturated rings. The lowest BCUT2D eigenvalue weighted by Gasteiger charge is -2.47. The molecular weight excluding hydrogens is 605 g/mol. The van der Waals surface area contributed by atoms with E-state index in [4.69, 9.17) is 9.97 Å². The molecule has 4 heterocycles. The molecule has 258 valence electrons. The van der Waals surface area contributed by atoms with Crippen molar-refractivity contribution in [3.05, 3.63) is 64.9 Å². The van der Waals surface area contributed by atoms with E-state index in [2.05, 4.69) is 33.8 Å². The summed E-state index contributed by atoms with van der Waals surface area (Å²) in [6.07, 6.45) is 18.5. The van der Waals surface area contributed by atoms with Gasteiger partial charge in [-0.3, -0.25) is 14.4 Å². The number of benzene rings is 1. The molecule has 3 aromatic rings. The number of carboxylic acid groups (broad SMARTS) is 1. The minimum Gasteiger partial charge on any atom is -0.481 e. The van der Waals surface area contributed by atoms with Crippen molar-refractivity contribution in [1.29, 1.82) is 0 Å². The van der Waals surface area contributed by atoms with E-state index in [0.29, 0.717) is 23.9 Å². The summed E-state index contributed by atoms with van der Waals surface area (Å²) in [5.41, 5.74) is 4.37. The number of carboxylic acids is 1. The maximum absolute atomic E-state index is 14.3. The average Bonchev–Trinajstić information content (AvgIpc) is 3.52. The molecule has 9 nitrogen and oxygen atoms in total. The highest BCUT2D eigenvalue weighted by molar-refractivity contribution is 5.70. The van der Waals surface area contributed by atoms with Gasteiger partial charge >= 0.3 is 5.97 Å². The predicted molar refractivity (Wildman–Crippen MR) is 186 cm³/mol. The van der Waals surface area contributed by atoms with E-state index in [-0.39, 0.29) is 29.7 Å². The quantitative estimate of drug-likeness (QED) is 0.198. The molecule has 2 aromatic heterocycles. The van der Waals surface area contributed by atoms with Crippen LogP contribution in [-0.4, -0.2) is 60.4 Å². The Hall–Kier alpha value is -3.53. The SMILES string of the molecule is CC[C@@H](Nc1nc2c(c(N[C@@H](CN3C4CCCC3CCC4)c3cnn(C)c3)n1)C[C@H](c1cccc(F)c1)CC2)C1CCC(C(=O)O)CC1. The second kappa shape index (κ2) is 14.5. The first-order valence-electron chi connectivity index (χ1n) is 18.5. The van der Waals surface area contributed by atoms with Gasteiger partial charge in [-0.1, -0.05) is 31.9 Å². The van der Waals surface area contributed by atoms with Crippen LogP contribution in [0.25, 0.3) is 0 Å². The number of aromatic nitrogens is 4. The maximum Gasteiger partial charge on any atom is 0.306 e. The molecular formula is C38H52FN7O2. The summed E-state index contributed by atoms with van der Waals surface area (Å²) in [5.74, 6) is 0.999. The van der Waals surface area contributed by atoms with Crippen LogP contribution < -0.4 is 10.6 Å². The van der Waals surface area contributed by atoms with Crippen molar-refractivity contribution in [2.75, 3.05) is 17.2 Å². The molecule has 3 N–H and O–H groups in total. The van der Waals surface area contributed by atoms with Gasteiger partial charge in [-0.2, -0.15) is 10.1 Å². The first kappa shape index (κ1) is 33.0. The van der Waals surface area contributed by atoms with E-state index in [1.54, 1.807) is 6.07 Å². The van der Waals surface area contributed by atoms with Gasteiger partial charge in [0.25, 0.3) is 0 Å². The Balaban J connectivity index is 1.20. The smallest absolute Gasteiger partial charge is 0.306 e. The highest BCUT2D eigenvalue weighted by atomic mass is 19.1. The highest BCUT2D eigenvalue weighted by Crippen LogP contribution is 2.40. The van der Waals surface area contributed by atoms with Gasteiger partial charge in [-0.15, -0.1) is 0 Å². The Labute approximate surface area is 284 Å². The molecule has 1 saturated carbocycles. The number of hydrogen-bond donors (Lipinski definition) is 3. The fraction of sp³-hybridized carbons (Fsp3) is 0.632. The number of nitrogens with zero attached hydrogens (tertiary/aromatic N) is 5. The minimum atomic E-state index is -0.670. The molecule has 0 spiro atoms. The number of anilines is 2. The molecule has 10 heteroatoms. The van der Waals surface area contributed by atoms with Gasteiger partial charge in [0.15, 0.2) is 0 Å². The Morgan fingerprint density at radius 2 is 1.77 bits per heavy atom. The van der Waals surface area contributed by atoms with Gasteiger partial charge in [-0.05, 0) is 107 Å². The van der Waals surface area contributed by atoms with Crippen molar-refractivity contribution < 1.29 is 14.3 Å². The third kappa shape index (κ3) is 7.24. The van der Waals surface area contributed by atoms with E-state index in [9.17, 15) is 14.3 Å². The second-order valence-corrected chi connectivity index (χ2v) is 14.9. The van der Waals surface area contributed by atoms with Crippen molar-refractivity contribution in [3.63, 3.8) is 0 Å². The first-order valence-corrected chi connectivity index (χ1v) is 18.5. The predicted octanol–water partition coefficient (Wildman–Crippen LogP) is 7.26. The van der Waals surface area contributed by atoms with Crippen LogP contribution in [0.5, 0.6) is 0 Å². The monoisotopic (exact) mass is 657 g/mol. The number of rotatable bonds is 11. The van der Waals surface area contributed by atoms with Gasteiger partial charge in [-0.25, -0.2) is 9.37 Å². The van der Waals surface area contributed by atoms with Crippen LogP contribution in [0, 0.1) is 17.7 Å². The molecule has 2 bridgehead atoms. The molecule has 2 aliphatic carbocycles. The van der Waals surface area contributed by atoms with Crippen molar-refractivity contribution >= 4 is 17.7 Å². The zero-order chi connectivity index (χ0) is 33.2. The fourth-order valence-corrected chi connectivity index (χ4v) is 9.28. The normalized spacial score (nSPS) is 27.1. The van der Waals surface area contributed by atoms with Crippen LogP contribution in [0.1, 0.15) is 118 Å². The summed E-state index contributed by atoms with van der Waals surface area (Å²) >= 11 is 0. The van der Waals surface area contributed by atoms with Crippen molar-refractivity contribution in [2.45, 2.75) is 127 Å². The lowest BCUT2D eigenvalue weighted by molar-refractivity contribution is -0.143. The largest absolute Gasteiger partial charge is 0.481 e. The van der Waals surface area contributed by atoms with Crippen LogP contribution in [0.3, 0.4) is 0 Å². The Morgan fingerprint density at radius 1 is 1.02 bits per heavy atom. The average molecular weight is 658 g/mol. The van der Waals surface area contributed by atoms with E-state index >= 15 is 0 Å². The lowest BCUT2D eigenvalue weighted by Crippen LogP contribution is -2.51. The third-order valence-corrected chi connectivity index (χ3v) is 12.0. The molecule has 2 saturated heterocycles. The van der Waals surface area contributed by atoms with Gasteiger partial charge < -0.3 is 15.7 Å². The summed E-state index contributed by atoms with van der Waals surface area (Å²) in [5, 5.41) is 21.8. The maximum atomic E-state index is 14.3. The molecule has 7 rings (SSSR count). The summed E-state index contributed by atoms with van der Waals surface area (Å²) in [6, 6.07) is 8.50. The zero-order valence-corrected chi connectivity index (χ0v) is 28.6. The zero-order valence-electron chi connectivity index (χ0n) is 28.6. The molecule has 1 aromatic carbocycles. The van der Waals surface area contributed by atoms with Crippen molar-refractivity contribution in [2.24, 2.45) is 18.9 Å². The van der Waals surface area contributed by atoms with E-state index in [1.807, 2.05) is 30.1 Å². The number of nitrogens with one attached hydrogen (secondary N) is 2. The molecule has 3 atom stereocenters. The van der Waals surface area contributed by atoms with Crippen LogP contribution >= 0.6 is 0 Å². The molecule has 0 unspecified atom stereocenters. The van der Waals surface area contributed by atoms with E-state index in [0.717, 1.165) is 86.1 Å². The second-order valence-electron chi connectivity index (χ2n) is 14.9. The Kier molecular flexibility index (Phi) is 9.98. The number of aryl methyl sites for hydroxylation is 2. The third-order valence-electron chi connectivity index (χ3n) is 12.0. The van der Waals surface area contributed by atoms with Gasteiger partial charge in [0.05, 0.1) is 23.9 Å². The summed E-state index contributed by atoms with van der Waals surface area (Å²) in [4.78, 5) is 24.7. The van der Waals surface area contributed by atoms with E-state index < -0.39 is 5.97 Å². The molecule has 0 amide bonds. The van der Waals surface area contributed by atoms with Gasteiger partial charge in [0.2, 0.25) is 5.95 Å². The van der Waals surface area contributed by atoms with Gasteiger partial charge in [0, 0.05) is 49.0 Å². The number of hydrogen-bond acceptors (Lipinski definition) is 7. The summed E-state index contributed by atoms with van der Waals surface area (Å²) in [6.45, 7) is 3.09. The van der Waals surface area contributed by atoms with Crippen LogP contribution in [0.2, 0.25) is 0 Å². The number of carbonyl (C=O) groups is 1. The summed E-state index contributed by atoms with van der Waals surface area (Å²) in [7, 11) is 1.98. The number of fused-ring (bicyclic) bond motifs is 3. The molecule has 4 aliphatic rings. The minimum absolute atomic E-state index is 0.00886. The highest BCUT2D eigenvalue weighted by Gasteiger charge is 2.37. The number of piperidine rings is 2. The van der Waals surface area contributed by atoms with Crippen molar-refractivity contribution in [3.8, 4) is 0 Å². The molecule has 2 aliphatic heterocycles. The Morgan fingerprint density at radius 3 is 2.42 bits per heavy atom. The fourth-order valence-electron chi connectivity index (χ4n) is 9.28. The number of halogens is 1. The van der Waals surface area contributed by atoms with Crippen LogP contribution in [0.15, 0.2) is 36.7 Å². The van der Waals surface area contributed by atoms with Crippen LogP contribution in [0.4, 0.5) is 16.2 Å². The van der Waals surface area contributed by atoms with E-state index in [1.165, 1.54) is 44.6 Å². The Bertz CT molecular complexity index is 1550. The molecule has 0 radical (unpaired) electrons.